The first-order valence-corrected chi connectivity index (χ1v) is 14.3. The lowest BCUT2D eigenvalue weighted by Crippen LogP contribution is -2.45. The summed E-state index contributed by atoms with van der Waals surface area (Å²) in [5, 5.41) is 3.00. The average molecular weight is 550 g/mol. The quantitative estimate of drug-likeness (QED) is 0.281. The van der Waals surface area contributed by atoms with E-state index in [1.807, 2.05) is 47.4 Å². The van der Waals surface area contributed by atoms with Crippen molar-refractivity contribution < 1.29 is 19.1 Å². The normalized spacial score (nSPS) is 12.8. The Kier molecular flexibility index (Phi) is 9.51. The van der Waals surface area contributed by atoms with Crippen molar-refractivity contribution in [3.05, 3.63) is 75.5 Å². The monoisotopic (exact) mass is 549 g/mol. The SMILES string of the molecule is COc1ccc(CCN(Cc2ccc(C)s2)C(=O)CN(C(=O)Nc2ccc(C(C)C)cc2)C2CC2)cc1OC. The van der Waals surface area contributed by atoms with Crippen molar-refractivity contribution in [3.8, 4) is 11.5 Å². The number of urea groups is 1. The number of carbonyl (C=O) groups is 2. The van der Waals surface area contributed by atoms with Crippen molar-refractivity contribution in [1.82, 2.24) is 9.80 Å². The molecule has 1 heterocycles. The van der Waals surface area contributed by atoms with E-state index in [0.717, 1.165) is 29.0 Å². The van der Waals surface area contributed by atoms with Crippen molar-refractivity contribution in [2.75, 3.05) is 32.6 Å². The van der Waals surface area contributed by atoms with Gasteiger partial charge in [0.25, 0.3) is 0 Å². The zero-order chi connectivity index (χ0) is 27.9. The van der Waals surface area contributed by atoms with E-state index in [4.69, 9.17) is 9.47 Å². The van der Waals surface area contributed by atoms with E-state index < -0.39 is 0 Å². The van der Waals surface area contributed by atoms with Crippen molar-refractivity contribution >= 4 is 29.0 Å². The fourth-order valence-electron chi connectivity index (χ4n) is 4.50. The molecule has 1 aromatic heterocycles. The highest BCUT2D eigenvalue weighted by Crippen LogP contribution is 2.29. The zero-order valence-electron chi connectivity index (χ0n) is 23.5. The van der Waals surface area contributed by atoms with Crippen LogP contribution in [-0.2, 0) is 17.8 Å². The summed E-state index contributed by atoms with van der Waals surface area (Å²) in [7, 11) is 3.23. The van der Waals surface area contributed by atoms with Crippen LogP contribution in [0.25, 0.3) is 0 Å². The molecule has 0 bridgehead atoms. The standard InChI is InChI=1S/C31H39N3O4S/c1-21(2)24-8-10-25(11-9-24)32-31(36)34(26-12-13-26)20-30(35)33(19-27-14-6-22(3)39-27)17-16-23-7-15-28(37-4)29(18-23)38-5/h6-11,14-15,18,21,26H,12-13,16-17,19-20H2,1-5H3,(H,32,36). The van der Waals surface area contributed by atoms with E-state index >= 15 is 0 Å². The minimum atomic E-state index is -0.227. The molecule has 0 spiro atoms. The van der Waals surface area contributed by atoms with Crippen molar-refractivity contribution in [2.45, 2.75) is 58.5 Å². The predicted molar refractivity (Wildman–Crippen MR) is 157 cm³/mol. The van der Waals surface area contributed by atoms with Gasteiger partial charge in [0.05, 0.1) is 20.8 Å². The van der Waals surface area contributed by atoms with Gasteiger partial charge >= 0.3 is 6.03 Å². The minimum Gasteiger partial charge on any atom is -0.493 e. The molecule has 0 radical (unpaired) electrons. The Hall–Kier alpha value is -3.52. The molecule has 0 saturated heterocycles. The summed E-state index contributed by atoms with van der Waals surface area (Å²) in [6.07, 6.45) is 2.50. The second-order valence-corrected chi connectivity index (χ2v) is 11.7. The van der Waals surface area contributed by atoms with Gasteiger partial charge in [-0.3, -0.25) is 4.79 Å². The van der Waals surface area contributed by atoms with E-state index in [-0.39, 0.29) is 24.5 Å². The molecule has 1 N–H and O–H groups in total. The van der Waals surface area contributed by atoms with Crippen LogP contribution in [0.3, 0.4) is 0 Å². The van der Waals surface area contributed by atoms with Crippen LogP contribution in [0.4, 0.5) is 10.5 Å². The maximum absolute atomic E-state index is 13.7. The maximum atomic E-state index is 13.7. The van der Waals surface area contributed by atoms with Gasteiger partial charge < -0.3 is 24.6 Å². The number of nitrogens with one attached hydrogen (secondary N) is 1. The predicted octanol–water partition coefficient (Wildman–Crippen LogP) is 6.46. The summed E-state index contributed by atoms with van der Waals surface area (Å²) in [5.41, 5.74) is 3.01. The van der Waals surface area contributed by atoms with Crippen LogP contribution in [0.15, 0.2) is 54.6 Å². The molecule has 1 aliphatic carbocycles. The molecular formula is C31H39N3O4S. The maximum Gasteiger partial charge on any atom is 0.322 e. The Morgan fingerprint density at radius 2 is 1.72 bits per heavy atom. The molecule has 3 amide bonds. The number of thiophene rings is 1. The van der Waals surface area contributed by atoms with Gasteiger partial charge in [0.15, 0.2) is 11.5 Å². The summed E-state index contributed by atoms with van der Waals surface area (Å²) in [4.78, 5) is 32.8. The number of anilines is 1. The third kappa shape index (κ3) is 7.76. The van der Waals surface area contributed by atoms with Gasteiger partial charge in [-0.05, 0) is 79.6 Å². The smallest absolute Gasteiger partial charge is 0.322 e. The molecule has 208 valence electrons. The van der Waals surface area contributed by atoms with Gasteiger partial charge in [-0.1, -0.05) is 32.0 Å². The molecule has 0 atom stereocenters. The molecule has 1 saturated carbocycles. The first-order chi connectivity index (χ1) is 18.8. The van der Waals surface area contributed by atoms with Crippen molar-refractivity contribution in [1.29, 1.82) is 0 Å². The van der Waals surface area contributed by atoms with Gasteiger partial charge in [-0.2, -0.15) is 0 Å². The van der Waals surface area contributed by atoms with E-state index in [0.29, 0.717) is 36.9 Å². The number of ether oxygens (including phenoxy) is 2. The van der Waals surface area contributed by atoms with Gasteiger partial charge in [-0.15, -0.1) is 11.3 Å². The third-order valence-corrected chi connectivity index (χ3v) is 7.98. The summed E-state index contributed by atoms with van der Waals surface area (Å²) < 4.78 is 10.8. The number of hydrogen-bond acceptors (Lipinski definition) is 5. The van der Waals surface area contributed by atoms with Crippen molar-refractivity contribution in [3.63, 3.8) is 0 Å². The summed E-state index contributed by atoms with van der Waals surface area (Å²) >= 11 is 1.69. The Morgan fingerprint density at radius 1 is 1.00 bits per heavy atom. The Bertz CT molecular complexity index is 1270. The molecule has 8 heteroatoms. The molecule has 1 fully saturated rings. The molecule has 7 nitrogen and oxygen atoms in total. The van der Waals surface area contributed by atoms with Gasteiger partial charge in [0.2, 0.25) is 5.91 Å². The summed E-state index contributed by atoms with van der Waals surface area (Å²) in [6.45, 7) is 7.45. The first kappa shape index (κ1) is 28.5. The van der Waals surface area contributed by atoms with Crippen LogP contribution in [0.1, 0.15) is 53.5 Å². The van der Waals surface area contributed by atoms with E-state index in [2.05, 4.69) is 38.2 Å². The van der Waals surface area contributed by atoms with Crippen LogP contribution in [0, 0.1) is 6.92 Å². The highest BCUT2D eigenvalue weighted by atomic mass is 32.1. The molecule has 4 rings (SSSR count). The van der Waals surface area contributed by atoms with E-state index in [1.165, 1.54) is 10.4 Å². The highest BCUT2D eigenvalue weighted by Gasteiger charge is 2.35. The first-order valence-electron chi connectivity index (χ1n) is 13.5. The second-order valence-electron chi connectivity index (χ2n) is 10.3. The van der Waals surface area contributed by atoms with Crippen LogP contribution < -0.4 is 14.8 Å². The number of amides is 3. The Morgan fingerprint density at radius 3 is 2.31 bits per heavy atom. The van der Waals surface area contributed by atoms with E-state index in [9.17, 15) is 9.59 Å². The lowest BCUT2D eigenvalue weighted by Gasteiger charge is -2.28. The molecule has 39 heavy (non-hydrogen) atoms. The Balaban J connectivity index is 1.46. The highest BCUT2D eigenvalue weighted by molar-refractivity contribution is 7.11. The van der Waals surface area contributed by atoms with Crippen LogP contribution >= 0.6 is 11.3 Å². The second kappa shape index (κ2) is 13.0. The van der Waals surface area contributed by atoms with Crippen molar-refractivity contribution in [2.24, 2.45) is 0 Å². The van der Waals surface area contributed by atoms with E-state index in [1.54, 1.807) is 30.5 Å². The number of nitrogens with zero attached hydrogens (tertiary/aromatic N) is 2. The summed E-state index contributed by atoms with van der Waals surface area (Å²) in [6, 6.07) is 17.8. The van der Waals surface area contributed by atoms with Crippen LogP contribution in [0.5, 0.6) is 11.5 Å². The fourth-order valence-corrected chi connectivity index (χ4v) is 5.40. The van der Waals surface area contributed by atoms with Gasteiger partial charge in [0, 0.05) is 28.0 Å². The lowest BCUT2D eigenvalue weighted by molar-refractivity contribution is -0.132. The Labute approximate surface area is 235 Å². The molecule has 3 aromatic rings. The van der Waals surface area contributed by atoms with Gasteiger partial charge in [-0.25, -0.2) is 4.79 Å². The summed E-state index contributed by atoms with van der Waals surface area (Å²) in [5.74, 6) is 1.71. The fraction of sp³-hybridized carbons (Fsp3) is 0.419. The topological polar surface area (TPSA) is 71.1 Å². The lowest BCUT2D eigenvalue weighted by atomic mass is 10.0. The van der Waals surface area contributed by atoms with Gasteiger partial charge in [0.1, 0.15) is 6.54 Å². The number of benzene rings is 2. The third-order valence-electron chi connectivity index (χ3n) is 7.00. The number of carbonyl (C=O) groups excluding carboxylic acids is 2. The largest absolute Gasteiger partial charge is 0.493 e. The molecule has 0 unspecified atom stereocenters. The molecule has 2 aromatic carbocycles. The molecule has 0 aliphatic heterocycles. The number of hydrogen-bond donors (Lipinski definition) is 1. The zero-order valence-corrected chi connectivity index (χ0v) is 24.3. The average Bonchev–Trinajstić information content (AvgIpc) is 3.69. The van der Waals surface area contributed by atoms with Crippen LogP contribution in [-0.4, -0.2) is 55.1 Å². The number of methoxy groups -OCH3 is 2. The molecule has 1 aliphatic rings. The number of aryl methyl sites for hydroxylation is 1. The number of rotatable bonds is 12. The minimum absolute atomic E-state index is 0.0524. The molecular weight excluding hydrogens is 510 g/mol. The van der Waals surface area contributed by atoms with Crippen LogP contribution in [0.2, 0.25) is 0 Å².